The molecule has 5 nitrogen and oxygen atoms in total. The summed E-state index contributed by atoms with van der Waals surface area (Å²) < 4.78 is 7.90. The van der Waals surface area contributed by atoms with Crippen molar-refractivity contribution in [2.75, 3.05) is 13.2 Å². The smallest absolute Gasteiger partial charge is 0.0827 e. The van der Waals surface area contributed by atoms with E-state index in [4.69, 9.17) is 10.5 Å². The third kappa shape index (κ3) is 5.21. The predicted molar refractivity (Wildman–Crippen MR) is 81.7 cm³/mol. The normalized spacial score (nSPS) is 12.9. The van der Waals surface area contributed by atoms with E-state index in [9.17, 15) is 0 Å². The summed E-state index contributed by atoms with van der Waals surface area (Å²) in [7, 11) is 0. The van der Waals surface area contributed by atoms with Gasteiger partial charge in [0, 0.05) is 12.8 Å². The molecule has 0 saturated heterocycles. The molecular formula is C15H30N4O. The van der Waals surface area contributed by atoms with Crippen molar-refractivity contribution in [2.24, 2.45) is 5.73 Å². The van der Waals surface area contributed by atoms with Crippen molar-refractivity contribution < 1.29 is 4.74 Å². The monoisotopic (exact) mass is 282 g/mol. The Balaban J connectivity index is 2.52. The highest BCUT2D eigenvalue weighted by Crippen LogP contribution is 2.21. The molecule has 20 heavy (non-hydrogen) atoms. The largest absolute Gasteiger partial charge is 0.375 e. The minimum absolute atomic E-state index is 0.0855. The van der Waals surface area contributed by atoms with E-state index < -0.39 is 0 Å². The minimum atomic E-state index is -0.152. The van der Waals surface area contributed by atoms with E-state index in [2.05, 4.69) is 51.1 Å². The molecule has 0 amide bonds. The molecule has 2 N–H and O–H groups in total. The second-order valence-electron chi connectivity index (χ2n) is 6.61. The minimum Gasteiger partial charge on any atom is -0.375 e. The molecule has 1 heterocycles. The maximum atomic E-state index is 5.94. The summed E-state index contributed by atoms with van der Waals surface area (Å²) in [6.07, 6.45) is 5.90. The van der Waals surface area contributed by atoms with E-state index in [0.717, 1.165) is 31.4 Å². The van der Waals surface area contributed by atoms with Crippen LogP contribution in [0.4, 0.5) is 0 Å². The van der Waals surface area contributed by atoms with Crippen molar-refractivity contribution in [1.82, 2.24) is 15.0 Å². The van der Waals surface area contributed by atoms with Crippen LogP contribution in [-0.2, 0) is 16.7 Å². The molecule has 5 heteroatoms. The molecule has 116 valence electrons. The molecule has 1 aromatic heterocycles. The average molecular weight is 282 g/mol. The van der Waals surface area contributed by atoms with Gasteiger partial charge in [0.05, 0.1) is 16.8 Å². The maximum Gasteiger partial charge on any atom is 0.0827 e. The molecule has 0 aliphatic rings. The number of hydrogen-bond donors (Lipinski definition) is 1. The lowest BCUT2D eigenvalue weighted by molar-refractivity contribution is -0.0323. The maximum absolute atomic E-state index is 5.94. The van der Waals surface area contributed by atoms with Crippen molar-refractivity contribution >= 4 is 0 Å². The summed E-state index contributed by atoms with van der Waals surface area (Å²) in [6, 6.07) is 0. The SMILES string of the molecule is CCCc1cn(C(C)(C)CCOC(C)(C)CCN)nn1. The Morgan fingerprint density at radius 3 is 2.55 bits per heavy atom. The second-order valence-corrected chi connectivity index (χ2v) is 6.61. The number of hydrogen-bond acceptors (Lipinski definition) is 4. The topological polar surface area (TPSA) is 66.0 Å². The van der Waals surface area contributed by atoms with E-state index in [0.29, 0.717) is 13.2 Å². The molecule has 0 spiro atoms. The molecule has 0 aromatic carbocycles. The van der Waals surface area contributed by atoms with Crippen LogP contribution in [0.15, 0.2) is 6.20 Å². The molecule has 0 aliphatic heterocycles. The summed E-state index contributed by atoms with van der Waals surface area (Å²) in [5, 5.41) is 8.46. The van der Waals surface area contributed by atoms with Gasteiger partial charge in [-0.2, -0.15) is 0 Å². The van der Waals surface area contributed by atoms with Gasteiger partial charge in [0.15, 0.2) is 0 Å². The quantitative estimate of drug-likeness (QED) is 0.755. The lowest BCUT2D eigenvalue weighted by Crippen LogP contribution is -2.33. The fraction of sp³-hybridized carbons (Fsp3) is 0.867. The van der Waals surface area contributed by atoms with Crippen molar-refractivity contribution in [3.05, 3.63) is 11.9 Å². The molecule has 1 rings (SSSR count). The number of ether oxygens (including phenoxy) is 1. The Labute approximate surface area is 122 Å². The van der Waals surface area contributed by atoms with Crippen LogP contribution >= 0.6 is 0 Å². The van der Waals surface area contributed by atoms with E-state index in [-0.39, 0.29) is 11.1 Å². The lowest BCUT2D eigenvalue weighted by Gasteiger charge is -2.29. The summed E-state index contributed by atoms with van der Waals surface area (Å²) in [5.41, 5.74) is 6.41. The van der Waals surface area contributed by atoms with Crippen LogP contribution < -0.4 is 5.73 Å². The Morgan fingerprint density at radius 2 is 1.95 bits per heavy atom. The van der Waals surface area contributed by atoms with Crippen molar-refractivity contribution in [3.63, 3.8) is 0 Å². The number of nitrogens with zero attached hydrogens (tertiary/aromatic N) is 3. The zero-order valence-electron chi connectivity index (χ0n) is 13.6. The number of aromatic nitrogens is 3. The van der Waals surface area contributed by atoms with Gasteiger partial charge in [-0.05, 0) is 53.5 Å². The highest BCUT2D eigenvalue weighted by atomic mass is 16.5. The Morgan fingerprint density at radius 1 is 1.25 bits per heavy atom. The summed E-state index contributed by atoms with van der Waals surface area (Å²) in [6.45, 7) is 12.0. The lowest BCUT2D eigenvalue weighted by atomic mass is 10.0. The summed E-state index contributed by atoms with van der Waals surface area (Å²) in [5.74, 6) is 0. The molecule has 0 fully saturated rings. The number of aryl methyl sites for hydroxylation is 1. The van der Waals surface area contributed by atoms with E-state index in [1.54, 1.807) is 0 Å². The molecule has 0 saturated carbocycles. The first kappa shape index (κ1) is 17.1. The molecule has 0 atom stereocenters. The van der Waals surface area contributed by atoms with Gasteiger partial charge in [0.2, 0.25) is 0 Å². The van der Waals surface area contributed by atoms with Crippen molar-refractivity contribution in [2.45, 2.75) is 71.4 Å². The summed E-state index contributed by atoms with van der Waals surface area (Å²) >= 11 is 0. The van der Waals surface area contributed by atoms with Gasteiger partial charge in [-0.3, -0.25) is 0 Å². The average Bonchev–Trinajstić information content (AvgIpc) is 2.78. The van der Waals surface area contributed by atoms with Crippen LogP contribution in [0.3, 0.4) is 0 Å². The molecule has 0 bridgehead atoms. The molecule has 1 aromatic rings. The van der Waals surface area contributed by atoms with Gasteiger partial charge in [0.25, 0.3) is 0 Å². The van der Waals surface area contributed by atoms with E-state index in [1.807, 2.05) is 4.68 Å². The van der Waals surface area contributed by atoms with E-state index >= 15 is 0 Å². The fourth-order valence-electron chi connectivity index (χ4n) is 2.08. The molecule has 0 unspecified atom stereocenters. The van der Waals surface area contributed by atoms with E-state index in [1.165, 1.54) is 0 Å². The van der Waals surface area contributed by atoms with Crippen LogP contribution in [-0.4, -0.2) is 33.7 Å². The molecule has 0 aliphatic carbocycles. The summed E-state index contributed by atoms with van der Waals surface area (Å²) in [4.78, 5) is 0. The third-order valence-corrected chi connectivity index (χ3v) is 3.62. The van der Waals surface area contributed by atoms with Gasteiger partial charge >= 0.3 is 0 Å². The zero-order chi connectivity index (χ0) is 15.2. The first-order chi connectivity index (χ1) is 9.30. The van der Waals surface area contributed by atoms with Gasteiger partial charge < -0.3 is 10.5 Å². The van der Waals surface area contributed by atoms with Crippen molar-refractivity contribution in [3.8, 4) is 0 Å². The standard InChI is InChI=1S/C15H30N4O/c1-6-7-13-12-19(18-17-13)14(2,3)9-11-20-15(4,5)8-10-16/h12H,6-11,16H2,1-5H3. The fourth-order valence-corrected chi connectivity index (χ4v) is 2.08. The van der Waals surface area contributed by atoms with Crippen molar-refractivity contribution in [1.29, 1.82) is 0 Å². The van der Waals surface area contributed by atoms with Gasteiger partial charge in [0.1, 0.15) is 0 Å². The predicted octanol–water partition coefficient (Wildman–Crippen LogP) is 2.50. The van der Waals surface area contributed by atoms with Crippen LogP contribution in [0.2, 0.25) is 0 Å². The molecule has 0 radical (unpaired) electrons. The molecular weight excluding hydrogens is 252 g/mol. The Bertz CT molecular complexity index is 398. The number of rotatable bonds is 9. The first-order valence-corrected chi connectivity index (χ1v) is 7.56. The Hall–Kier alpha value is -0.940. The first-order valence-electron chi connectivity index (χ1n) is 7.56. The van der Waals surface area contributed by atoms with Gasteiger partial charge in [-0.15, -0.1) is 5.10 Å². The van der Waals surface area contributed by atoms with Crippen LogP contribution in [0.1, 0.15) is 59.6 Å². The zero-order valence-corrected chi connectivity index (χ0v) is 13.6. The second kappa shape index (κ2) is 7.18. The highest BCUT2D eigenvalue weighted by molar-refractivity contribution is 4.95. The van der Waals surface area contributed by atoms with Gasteiger partial charge in [-0.1, -0.05) is 18.6 Å². The van der Waals surface area contributed by atoms with Crippen LogP contribution in [0.25, 0.3) is 0 Å². The van der Waals surface area contributed by atoms with Crippen LogP contribution in [0.5, 0.6) is 0 Å². The third-order valence-electron chi connectivity index (χ3n) is 3.62. The number of nitrogens with two attached hydrogens (primary N) is 1. The van der Waals surface area contributed by atoms with Crippen LogP contribution in [0, 0.1) is 0 Å². The highest BCUT2D eigenvalue weighted by Gasteiger charge is 2.24. The Kier molecular flexibility index (Phi) is 6.14. The van der Waals surface area contributed by atoms with Gasteiger partial charge in [-0.25, -0.2) is 4.68 Å².